The van der Waals surface area contributed by atoms with Gasteiger partial charge in [-0.3, -0.25) is 0 Å². The smallest absolute Gasteiger partial charge is 0.316 e. The van der Waals surface area contributed by atoms with Gasteiger partial charge in [-0.1, -0.05) is 0 Å². The molecule has 1 fully saturated rings. The van der Waals surface area contributed by atoms with Gasteiger partial charge in [-0.05, 0) is 31.7 Å². The van der Waals surface area contributed by atoms with Crippen LogP contribution in [-0.4, -0.2) is 36.3 Å². The Bertz CT molecular complexity index is 367. The lowest BCUT2D eigenvalue weighted by atomic mass is 9.95. The second kappa shape index (κ2) is 6.66. The van der Waals surface area contributed by atoms with Gasteiger partial charge in [0, 0.05) is 25.4 Å². The SMILES string of the molecule is COc1nccc(CNC(C)C2CCCOC2)n1. The summed E-state index contributed by atoms with van der Waals surface area (Å²) in [7, 11) is 1.58. The number of nitrogens with one attached hydrogen (secondary N) is 1. The van der Waals surface area contributed by atoms with Gasteiger partial charge in [0.15, 0.2) is 0 Å². The molecule has 18 heavy (non-hydrogen) atoms. The Morgan fingerprint density at radius 1 is 1.61 bits per heavy atom. The standard InChI is InChI=1S/C13H21N3O2/c1-10(11-4-3-7-18-9-11)15-8-12-5-6-14-13(16-12)17-2/h5-6,10-11,15H,3-4,7-9H2,1-2H3. The summed E-state index contributed by atoms with van der Waals surface area (Å²) in [5, 5.41) is 3.49. The van der Waals surface area contributed by atoms with Gasteiger partial charge in [0.1, 0.15) is 0 Å². The summed E-state index contributed by atoms with van der Waals surface area (Å²) in [5.41, 5.74) is 0.949. The van der Waals surface area contributed by atoms with Crippen LogP contribution in [0.5, 0.6) is 6.01 Å². The largest absolute Gasteiger partial charge is 0.467 e. The van der Waals surface area contributed by atoms with Gasteiger partial charge in [0.25, 0.3) is 0 Å². The monoisotopic (exact) mass is 251 g/mol. The topological polar surface area (TPSA) is 56.3 Å². The van der Waals surface area contributed by atoms with Crippen molar-refractivity contribution in [2.75, 3.05) is 20.3 Å². The number of methoxy groups -OCH3 is 1. The molecule has 1 aliphatic heterocycles. The van der Waals surface area contributed by atoms with E-state index in [4.69, 9.17) is 9.47 Å². The van der Waals surface area contributed by atoms with Gasteiger partial charge in [0.2, 0.25) is 0 Å². The van der Waals surface area contributed by atoms with E-state index in [0.717, 1.165) is 31.9 Å². The first-order valence-corrected chi connectivity index (χ1v) is 6.46. The van der Waals surface area contributed by atoms with Crippen LogP contribution in [0.3, 0.4) is 0 Å². The zero-order valence-corrected chi connectivity index (χ0v) is 11.1. The summed E-state index contributed by atoms with van der Waals surface area (Å²) >= 11 is 0. The van der Waals surface area contributed by atoms with Crippen LogP contribution in [0.1, 0.15) is 25.5 Å². The van der Waals surface area contributed by atoms with E-state index in [2.05, 4.69) is 22.2 Å². The Balaban J connectivity index is 1.82. The molecule has 2 unspecified atom stereocenters. The summed E-state index contributed by atoms with van der Waals surface area (Å²) < 4.78 is 10.5. The minimum atomic E-state index is 0.419. The maximum absolute atomic E-state index is 5.51. The maximum Gasteiger partial charge on any atom is 0.316 e. The predicted octanol–water partition coefficient (Wildman–Crippen LogP) is 1.39. The highest BCUT2D eigenvalue weighted by molar-refractivity contribution is 5.05. The van der Waals surface area contributed by atoms with Crippen LogP contribution in [0.2, 0.25) is 0 Å². The molecule has 2 rings (SSSR count). The van der Waals surface area contributed by atoms with Crippen LogP contribution >= 0.6 is 0 Å². The van der Waals surface area contributed by atoms with Crippen molar-refractivity contribution < 1.29 is 9.47 Å². The number of hydrogen-bond acceptors (Lipinski definition) is 5. The molecule has 0 bridgehead atoms. The molecule has 0 aliphatic carbocycles. The zero-order chi connectivity index (χ0) is 12.8. The van der Waals surface area contributed by atoms with Gasteiger partial charge in [0.05, 0.1) is 19.4 Å². The van der Waals surface area contributed by atoms with Crippen LogP contribution in [0, 0.1) is 5.92 Å². The minimum Gasteiger partial charge on any atom is -0.467 e. The highest BCUT2D eigenvalue weighted by atomic mass is 16.5. The summed E-state index contributed by atoms with van der Waals surface area (Å²) in [6.07, 6.45) is 4.12. The van der Waals surface area contributed by atoms with Gasteiger partial charge in [-0.25, -0.2) is 4.98 Å². The van der Waals surface area contributed by atoms with E-state index < -0.39 is 0 Å². The van der Waals surface area contributed by atoms with Gasteiger partial charge in [-0.15, -0.1) is 0 Å². The zero-order valence-electron chi connectivity index (χ0n) is 11.1. The van der Waals surface area contributed by atoms with Crippen LogP contribution in [-0.2, 0) is 11.3 Å². The second-order valence-corrected chi connectivity index (χ2v) is 4.68. The first kappa shape index (κ1) is 13.2. The second-order valence-electron chi connectivity index (χ2n) is 4.68. The third kappa shape index (κ3) is 3.65. The first-order valence-electron chi connectivity index (χ1n) is 6.46. The molecule has 5 nitrogen and oxygen atoms in total. The van der Waals surface area contributed by atoms with E-state index in [1.165, 1.54) is 6.42 Å². The van der Waals surface area contributed by atoms with Crippen molar-refractivity contribution in [3.05, 3.63) is 18.0 Å². The van der Waals surface area contributed by atoms with Crippen molar-refractivity contribution in [2.24, 2.45) is 5.92 Å². The number of hydrogen-bond donors (Lipinski definition) is 1. The van der Waals surface area contributed by atoms with Crippen molar-refractivity contribution in [1.29, 1.82) is 0 Å². The van der Waals surface area contributed by atoms with E-state index in [-0.39, 0.29) is 0 Å². The molecule has 0 spiro atoms. The quantitative estimate of drug-likeness (QED) is 0.857. The molecule has 1 N–H and O–H groups in total. The number of aromatic nitrogens is 2. The molecule has 5 heteroatoms. The molecule has 1 aromatic heterocycles. The molecule has 2 atom stereocenters. The Labute approximate surface area is 108 Å². The molecule has 100 valence electrons. The summed E-state index contributed by atoms with van der Waals surface area (Å²) in [4.78, 5) is 8.27. The van der Waals surface area contributed by atoms with E-state index in [0.29, 0.717) is 18.0 Å². The molecule has 1 aromatic rings. The molecule has 2 heterocycles. The Morgan fingerprint density at radius 2 is 2.50 bits per heavy atom. The number of nitrogens with zero attached hydrogens (tertiary/aromatic N) is 2. The molecule has 0 saturated carbocycles. The van der Waals surface area contributed by atoms with Crippen molar-refractivity contribution >= 4 is 0 Å². The molecular formula is C13H21N3O2. The summed E-state index contributed by atoms with van der Waals surface area (Å²) in [6, 6.07) is 2.76. The highest BCUT2D eigenvalue weighted by Crippen LogP contribution is 2.17. The fourth-order valence-electron chi connectivity index (χ4n) is 2.17. The van der Waals surface area contributed by atoms with Crippen LogP contribution in [0.25, 0.3) is 0 Å². The predicted molar refractivity (Wildman–Crippen MR) is 68.4 cm³/mol. The fourth-order valence-corrected chi connectivity index (χ4v) is 2.17. The molecule has 0 amide bonds. The summed E-state index contributed by atoms with van der Waals surface area (Å²) in [6.45, 7) is 4.71. The third-order valence-electron chi connectivity index (χ3n) is 3.38. The maximum atomic E-state index is 5.51. The molecule has 0 aromatic carbocycles. The molecule has 1 aliphatic rings. The lowest BCUT2D eigenvalue weighted by molar-refractivity contribution is 0.0417. The van der Waals surface area contributed by atoms with Crippen molar-refractivity contribution in [3.63, 3.8) is 0 Å². The Kier molecular flexibility index (Phi) is 4.90. The van der Waals surface area contributed by atoms with Crippen LogP contribution < -0.4 is 10.1 Å². The Morgan fingerprint density at radius 3 is 3.22 bits per heavy atom. The van der Waals surface area contributed by atoms with E-state index in [1.807, 2.05) is 6.07 Å². The van der Waals surface area contributed by atoms with Gasteiger partial charge < -0.3 is 14.8 Å². The van der Waals surface area contributed by atoms with E-state index >= 15 is 0 Å². The minimum absolute atomic E-state index is 0.419. The van der Waals surface area contributed by atoms with Gasteiger partial charge >= 0.3 is 6.01 Å². The molecule has 1 saturated heterocycles. The average molecular weight is 251 g/mol. The molecule has 0 radical (unpaired) electrons. The number of rotatable bonds is 5. The molecular weight excluding hydrogens is 230 g/mol. The lowest BCUT2D eigenvalue weighted by Gasteiger charge is -2.28. The normalized spacial score (nSPS) is 21.6. The number of ether oxygens (including phenoxy) is 2. The lowest BCUT2D eigenvalue weighted by Crippen LogP contribution is -2.37. The highest BCUT2D eigenvalue weighted by Gasteiger charge is 2.20. The van der Waals surface area contributed by atoms with E-state index in [1.54, 1.807) is 13.3 Å². The third-order valence-corrected chi connectivity index (χ3v) is 3.38. The van der Waals surface area contributed by atoms with Crippen molar-refractivity contribution in [3.8, 4) is 6.01 Å². The van der Waals surface area contributed by atoms with Crippen molar-refractivity contribution in [2.45, 2.75) is 32.4 Å². The first-order chi connectivity index (χ1) is 8.79. The van der Waals surface area contributed by atoms with Crippen molar-refractivity contribution in [1.82, 2.24) is 15.3 Å². The van der Waals surface area contributed by atoms with Crippen LogP contribution in [0.15, 0.2) is 12.3 Å². The van der Waals surface area contributed by atoms with E-state index in [9.17, 15) is 0 Å². The summed E-state index contributed by atoms with van der Waals surface area (Å²) in [5.74, 6) is 0.600. The Hall–Kier alpha value is -1.20. The average Bonchev–Trinajstić information content (AvgIpc) is 2.46. The van der Waals surface area contributed by atoms with Crippen LogP contribution in [0.4, 0.5) is 0 Å². The van der Waals surface area contributed by atoms with Gasteiger partial charge in [-0.2, -0.15) is 4.98 Å². The fraction of sp³-hybridized carbons (Fsp3) is 0.692.